The smallest absolute Gasteiger partial charge is 0.223 e. The maximum absolute atomic E-state index is 11.9. The molecule has 3 heteroatoms. The van der Waals surface area contributed by atoms with Crippen LogP contribution in [0.15, 0.2) is 0 Å². The van der Waals surface area contributed by atoms with Gasteiger partial charge in [0.2, 0.25) is 5.91 Å². The summed E-state index contributed by atoms with van der Waals surface area (Å²) in [6.07, 6.45) is 1.65. The van der Waals surface area contributed by atoms with Crippen LogP contribution in [0.2, 0.25) is 0 Å². The van der Waals surface area contributed by atoms with Crippen LogP contribution in [-0.2, 0) is 4.79 Å². The van der Waals surface area contributed by atoms with Gasteiger partial charge in [0.1, 0.15) is 0 Å². The lowest BCUT2D eigenvalue weighted by molar-refractivity contribution is -0.127. The van der Waals surface area contributed by atoms with Gasteiger partial charge in [0.25, 0.3) is 0 Å². The van der Waals surface area contributed by atoms with E-state index in [0.29, 0.717) is 18.3 Å². The van der Waals surface area contributed by atoms with E-state index >= 15 is 0 Å². The number of hydrogen-bond donors (Lipinski definition) is 2. The average molecular weight is 229 g/mol. The number of nitrogens with one attached hydrogen (secondary N) is 1. The number of carbonyl (C=O) groups excluding carboxylic acids is 1. The molecule has 0 aliphatic heterocycles. The first-order valence-corrected chi connectivity index (χ1v) is 6.35. The van der Waals surface area contributed by atoms with E-state index in [0.717, 1.165) is 6.42 Å². The van der Waals surface area contributed by atoms with Crippen LogP contribution in [0, 0.1) is 17.8 Å². The first-order valence-electron chi connectivity index (χ1n) is 6.35. The Kier molecular flexibility index (Phi) is 7.39. The maximum Gasteiger partial charge on any atom is 0.223 e. The normalized spacial score (nSPS) is 16.9. The van der Waals surface area contributed by atoms with Gasteiger partial charge in [0.05, 0.1) is 0 Å². The van der Waals surface area contributed by atoms with Crippen molar-refractivity contribution in [3.8, 4) is 0 Å². The van der Waals surface area contributed by atoms with Crippen LogP contribution in [0.25, 0.3) is 0 Å². The molecular weight excluding hydrogens is 202 g/mol. The Morgan fingerprint density at radius 1 is 1.25 bits per heavy atom. The third-order valence-electron chi connectivity index (χ3n) is 3.48. The molecule has 0 aliphatic carbocycles. The highest BCUT2D eigenvalue weighted by molar-refractivity contribution is 5.78. The van der Waals surface area contributed by atoms with Crippen LogP contribution in [-0.4, -0.2) is 23.7 Å². The lowest BCUT2D eigenvalue weighted by Crippen LogP contribution is -2.43. The molecule has 0 bridgehead atoms. The molecule has 3 unspecified atom stereocenters. The Labute approximate surface area is 99.6 Å². The van der Waals surface area contributed by atoms with Gasteiger partial charge in [0.15, 0.2) is 0 Å². The first-order chi connectivity index (χ1) is 7.43. The van der Waals surface area contributed by atoms with Crippen molar-refractivity contribution in [3.63, 3.8) is 0 Å². The Morgan fingerprint density at radius 3 is 2.19 bits per heavy atom. The topological polar surface area (TPSA) is 49.3 Å². The van der Waals surface area contributed by atoms with E-state index in [9.17, 15) is 4.79 Å². The van der Waals surface area contributed by atoms with E-state index in [-0.39, 0.29) is 24.5 Å². The van der Waals surface area contributed by atoms with Crippen molar-refractivity contribution in [1.29, 1.82) is 0 Å². The molecule has 0 aliphatic rings. The van der Waals surface area contributed by atoms with E-state index < -0.39 is 0 Å². The molecule has 0 saturated carbocycles. The summed E-state index contributed by atoms with van der Waals surface area (Å²) in [5.74, 6) is 0.925. The molecule has 1 amide bonds. The molecule has 96 valence electrons. The lowest BCUT2D eigenvalue weighted by Gasteiger charge is -2.25. The minimum Gasteiger partial charge on any atom is -0.396 e. The fourth-order valence-electron chi connectivity index (χ4n) is 1.64. The highest BCUT2D eigenvalue weighted by Gasteiger charge is 2.22. The van der Waals surface area contributed by atoms with Gasteiger partial charge >= 0.3 is 0 Å². The van der Waals surface area contributed by atoms with E-state index in [4.69, 9.17) is 5.11 Å². The molecule has 2 N–H and O–H groups in total. The summed E-state index contributed by atoms with van der Waals surface area (Å²) in [6, 6.07) is 0.0870. The number of amides is 1. The summed E-state index contributed by atoms with van der Waals surface area (Å²) >= 11 is 0. The van der Waals surface area contributed by atoms with E-state index in [1.165, 1.54) is 0 Å². The average Bonchev–Trinajstić information content (AvgIpc) is 2.25. The fourth-order valence-corrected chi connectivity index (χ4v) is 1.64. The van der Waals surface area contributed by atoms with Crippen LogP contribution in [0.4, 0.5) is 0 Å². The van der Waals surface area contributed by atoms with Gasteiger partial charge in [-0.2, -0.15) is 0 Å². The number of carbonyl (C=O) groups is 1. The molecule has 0 spiro atoms. The van der Waals surface area contributed by atoms with Gasteiger partial charge < -0.3 is 10.4 Å². The molecule has 3 nitrogen and oxygen atoms in total. The van der Waals surface area contributed by atoms with Crippen molar-refractivity contribution in [3.05, 3.63) is 0 Å². The first kappa shape index (κ1) is 15.4. The number of aliphatic hydroxyl groups excluding tert-OH is 1. The van der Waals surface area contributed by atoms with E-state index in [1.807, 2.05) is 6.92 Å². The molecule has 0 heterocycles. The number of hydrogen-bond acceptors (Lipinski definition) is 2. The fraction of sp³-hybridized carbons (Fsp3) is 0.923. The Morgan fingerprint density at radius 2 is 1.81 bits per heavy atom. The second-order valence-corrected chi connectivity index (χ2v) is 5.05. The van der Waals surface area contributed by atoms with Crippen molar-refractivity contribution in [2.24, 2.45) is 17.8 Å². The summed E-state index contributed by atoms with van der Waals surface area (Å²) < 4.78 is 0. The minimum absolute atomic E-state index is 0.0462. The van der Waals surface area contributed by atoms with Gasteiger partial charge in [-0.3, -0.25) is 4.79 Å². The summed E-state index contributed by atoms with van der Waals surface area (Å²) in [6.45, 7) is 10.4. The molecule has 0 aromatic carbocycles. The van der Waals surface area contributed by atoms with Gasteiger partial charge in [0, 0.05) is 18.6 Å². The van der Waals surface area contributed by atoms with Crippen molar-refractivity contribution in [2.45, 2.75) is 53.5 Å². The van der Waals surface area contributed by atoms with Gasteiger partial charge in [-0.05, 0) is 18.3 Å². The van der Waals surface area contributed by atoms with Gasteiger partial charge in [-0.25, -0.2) is 0 Å². The maximum atomic E-state index is 11.9. The Balaban J connectivity index is 4.28. The number of aliphatic hydroxyl groups is 1. The van der Waals surface area contributed by atoms with Crippen LogP contribution < -0.4 is 5.32 Å². The largest absolute Gasteiger partial charge is 0.396 e. The van der Waals surface area contributed by atoms with Crippen molar-refractivity contribution in [2.75, 3.05) is 6.61 Å². The summed E-state index contributed by atoms with van der Waals surface area (Å²) in [5.41, 5.74) is 0. The van der Waals surface area contributed by atoms with Crippen LogP contribution in [0.3, 0.4) is 0 Å². The quantitative estimate of drug-likeness (QED) is 0.703. The lowest BCUT2D eigenvalue weighted by atomic mass is 9.91. The van der Waals surface area contributed by atoms with Gasteiger partial charge in [-0.15, -0.1) is 0 Å². The molecule has 16 heavy (non-hydrogen) atoms. The SMILES string of the molecule is CCC(C)C(C)C(=O)NC(CCO)C(C)C. The van der Waals surface area contributed by atoms with Crippen molar-refractivity contribution >= 4 is 5.91 Å². The van der Waals surface area contributed by atoms with E-state index in [1.54, 1.807) is 0 Å². The molecule has 0 aromatic heterocycles. The summed E-state index contributed by atoms with van der Waals surface area (Å²) in [7, 11) is 0. The summed E-state index contributed by atoms with van der Waals surface area (Å²) in [4.78, 5) is 11.9. The molecule has 0 radical (unpaired) electrons. The van der Waals surface area contributed by atoms with E-state index in [2.05, 4.69) is 33.0 Å². The zero-order valence-electron chi connectivity index (χ0n) is 11.3. The van der Waals surface area contributed by atoms with Crippen molar-refractivity contribution in [1.82, 2.24) is 5.32 Å². The van der Waals surface area contributed by atoms with Crippen LogP contribution in [0.5, 0.6) is 0 Å². The Bertz CT molecular complexity index is 204. The predicted octanol–water partition coefficient (Wildman–Crippen LogP) is 2.19. The molecular formula is C13H27NO2. The molecule has 0 aromatic rings. The predicted molar refractivity (Wildman–Crippen MR) is 67.1 cm³/mol. The standard InChI is InChI=1S/C13H27NO2/c1-6-10(4)11(5)13(16)14-12(7-8-15)9(2)3/h9-12,15H,6-8H2,1-5H3,(H,14,16). The minimum atomic E-state index is 0.0462. The highest BCUT2D eigenvalue weighted by Crippen LogP contribution is 2.16. The zero-order chi connectivity index (χ0) is 12.7. The summed E-state index contributed by atoms with van der Waals surface area (Å²) in [5, 5.41) is 12.0. The second-order valence-electron chi connectivity index (χ2n) is 5.05. The monoisotopic (exact) mass is 229 g/mol. The second kappa shape index (κ2) is 7.66. The van der Waals surface area contributed by atoms with Crippen molar-refractivity contribution < 1.29 is 9.90 Å². The number of rotatable bonds is 7. The molecule has 3 atom stereocenters. The highest BCUT2D eigenvalue weighted by atomic mass is 16.3. The van der Waals surface area contributed by atoms with Gasteiger partial charge in [-0.1, -0.05) is 41.0 Å². The third-order valence-corrected chi connectivity index (χ3v) is 3.48. The van der Waals surface area contributed by atoms with Crippen LogP contribution >= 0.6 is 0 Å². The third kappa shape index (κ3) is 4.97. The molecule has 0 rings (SSSR count). The molecule has 0 fully saturated rings. The Hall–Kier alpha value is -0.570. The molecule has 0 saturated heterocycles. The van der Waals surface area contributed by atoms with Crippen LogP contribution in [0.1, 0.15) is 47.5 Å². The zero-order valence-corrected chi connectivity index (χ0v) is 11.3.